The number of pyridine rings is 1. The molecule has 1 aliphatic heterocycles. The number of rotatable bonds is 6. The van der Waals surface area contributed by atoms with Gasteiger partial charge in [0.25, 0.3) is 5.91 Å². The second-order valence-corrected chi connectivity index (χ2v) is 8.95. The summed E-state index contributed by atoms with van der Waals surface area (Å²) in [6, 6.07) is 5.54. The van der Waals surface area contributed by atoms with Crippen LogP contribution in [0.3, 0.4) is 0 Å². The lowest BCUT2D eigenvalue weighted by Crippen LogP contribution is -2.32. The summed E-state index contributed by atoms with van der Waals surface area (Å²) >= 11 is 0. The van der Waals surface area contributed by atoms with Crippen LogP contribution >= 0.6 is 0 Å². The summed E-state index contributed by atoms with van der Waals surface area (Å²) in [6.07, 6.45) is 13.1. The summed E-state index contributed by atoms with van der Waals surface area (Å²) in [4.78, 5) is 20.1. The third kappa shape index (κ3) is 4.50. The van der Waals surface area contributed by atoms with E-state index in [4.69, 9.17) is 15.6 Å². The molecule has 0 saturated heterocycles. The summed E-state index contributed by atoms with van der Waals surface area (Å²) in [7, 11) is 1.83. The van der Waals surface area contributed by atoms with Crippen LogP contribution in [0, 0.1) is 0 Å². The number of aromatic nitrogens is 3. The largest absolute Gasteiger partial charge is 0.396 e. The Labute approximate surface area is 204 Å². The van der Waals surface area contributed by atoms with Crippen LogP contribution in [0.25, 0.3) is 10.9 Å². The minimum absolute atomic E-state index is 0.116. The van der Waals surface area contributed by atoms with Gasteiger partial charge in [0, 0.05) is 36.4 Å². The van der Waals surface area contributed by atoms with E-state index in [1.165, 1.54) is 0 Å². The highest BCUT2D eigenvalue weighted by atomic mass is 16.5. The fraction of sp³-hybridized carbons (Fsp3) is 0.296. The van der Waals surface area contributed by atoms with Crippen LogP contribution in [0.1, 0.15) is 47.4 Å². The van der Waals surface area contributed by atoms with Gasteiger partial charge >= 0.3 is 0 Å². The van der Waals surface area contributed by atoms with E-state index in [-0.39, 0.29) is 18.6 Å². The molecule has 0 bridgehead atoms. The molecular formula is C27H29N5O3. The SMILES string of the molecule is CC1OCc2c1c(N)nc1ccc(C(=O)N(CC3=CCC(=CCCO)C=C3)c3cnn(C)c3)cc21. The zero-order valence-electron chi connectivity index (χ0n) is 19.9. The van der Waals surface area contributed by atoms with E-state index < -0.39 is 0 Å². The Balaban J connectivity index is 1.48. The molecule has 0 fully saturated rings. The first-order valence-corrected chi connectivity index (χ1v) is 11.8. The average Bonchev–Trinajstić information content (AvgIpc) is 3.47. The number of aryl methyl sites for hydroxylation is 1. The van der Waals surface area contributed by atoms with E-state index >= 15 is 0 Å². The van der Waals surface area contributed by atoms with Gasteiger partial charge in [0.05, 0.1) is 36.7 Å². The van der Waals surface area contributed by atoms with E-state index in [1.807, 2.05) is 50.5 Å². The highest BCUT2D eigenvalue weighted by molar-refractivity contribution is 6.08. The van der Waals surface area contributed by atoms with Crippen molar-refractivity contribution in [3.05, 3.63) is 82.7 Å². The Morgan fingerprint density at radius 2 is 2.23 bits per heavy atom. The zero-order chi connectivity index (χ0) is 24.5. The molecule has 8 nitrogen and oxygen atoms in total. The van der Waals surface area contributed by atoms with Crippen molar-refractivity contribution in [1.82, 2.24) is 14.8 Å². The lowest BCUT2D eigenvalue weighted by Gasteiger charge is -2.23. The number of hydrogen-bond donors (Lipinski definition) is 2. The molecule has 1 aromatic carbocycles. The van der Waals surface area contributed by atoms with Crippen LogP contribution in [-0.2, 0) is 18.4 Å². The van der Waals surface area contributed by atoms with Gasteiger partial charge in [-0.15, -0.1) is 0 Å². The lowest BCUT2D eigenvalue weighted by atomic mass is 9.99. The minimum atomic E-state index is -0.117. The van der Waals surface area contributed by atoms with Crippen molar-refractivity contribution in [2.75, 3.05) is 23.8 Å². The zero-order valence-corrected chi connectivity index (χ0v) is 19.9. The Morgan fingerprint density at radius 3 is 2.94 bits per heavy atom. The van der Waals surface area contributed by atoms with Crippen LogP contribution < -0.4 is 10.6 Å². The van der Waals surface area contributed by atoms with Crippen molar-refractivity contribution in [2.24, 2.45) is 7.05 Å². The number of carbonyl (C=O) groups is 1. The van der Waals surface area contributed by atoms with Gasteiger partial charge in [0.2, 0.25) is 0 Å². The van der Waals surface area contributed by atoms with Crippen molar-refractivity contribution in [3.8, 4) is 0 Å². The first kappa shape index (κ1) is 23.0. The number of nitrogens with two attached hydrogens (primary N) is 1. The molecule has 2 aliphatic rings. The maximum absolute atomic E-state index is 13.8. The monoisotopic (exact) mass is 471 g/mol. The predicted molar refractivity (Wildman–Crippen MR) is 136 cm³/mol. The highest BCUT2D eigenvalue weighted by Crippen LogP contribution is 2.38. The van der Waals surface area contributed by atoms with Gasteiger partial charge in [-0.3, -0.25) is 9.48 Å². The number of nitrogens with zero attached hydrogens (tertiary/aromatic N) is 4. The molecule has 3 N–H and O–H groups in total. The molecule has 3 heterocycles. The number of aliphatic hydroxyl groups excluding tert-OH is 1. The first-order valence-electron chi connectivity index (χ1n) is 11.8. The number of benzene rings is 1. The smallest absolute Gasteiger partial charge is 0.258 e. The van der Waals surface area contributed by atoms with E-state index in [2.05, 4.69) is 16.2 Å². The van der Waals surface area contributed by atoms with E-state index in [1.54, 1.807) is 21.8 Å². The number of anilines is 2. The molecule has 8 heteroatoms. The Morgan fingerprint density at radius 1 is 1.37 bits per heavy atom. The number of amides is 1. The van der Waals surface area contributed by atoms with E-state index in [0.717, 1.165) is 45.3 Å². The highest BCUT2D eigenvalue weighted by Gasteiger charge is 2.27. The van der Waals surface area contributed by atoms with Crippen molar-refractivity contribution in [2.45, 2.75) is 32.5 Å². The molecule has 1 aliphatic carbocycles. The summed E-state index contributed by atoms with van der Waals surface area (Å²) < 4.78 is 7.50. The second-order valence-electron chi connectivity index (χ2n) is 8.95. The average molecular weight is 472 g/mol. The fourth-order valence-corrected chi connectivity index (χ4v) is 4.68. The van der Waals surface area contributed by atoms with Crippen LogP contribution in [0.15, 0.2) is 66.0 Å². The minimum Gasteiger partial charge on any atom is -0.396 e. The summed E-state index contributed by atoms with van der Waals surface area (Å²) in [6.45, 7) is 2.97. The number of nitrogen functional groups attached to an aromatic ring is 1. The Bertz CT molecular complexity index is 1380. The van der Waals surface area contributed by atoms with E-state index in [0.29, 0.717) is 31.0 Å². The standard InChI is InChI=1S/C27H29N5O3/c1-17-25-23(16-35-17)22-12-20(9-10-24(22)30-26(25)28)27(34)32(21-13-29-31(2)15-21)14-19-7-5-18(6-8-19)4-3-11-33/h4-5,7-10,12-13,15,17,33H,3,6,11,14,16H2,1-2H3,(H2,28,30). The number of ether oxygens (including phenoxy) is 1. The number of allylic oxidation sites excluding steroid dienone is 3. The molecule has 3 aromatic rings. The van der Waals surface area contributed by atoms with Crippen molar-refractivity contribution in [3.63, 3.8) is 0 Å². The number of fused-ring (bicyclic) bond motifs is 3. The predicted octanol–water partition coefficient (Wildman–Crippen LogP) is 3.98. The molecule has 2 aromatic heterocycles. The molecule has 35 heavy (non-hydrogen) atoms. The molecule has 5 rings (SSSR count). The van der Waals surface area contributed by atoms with Gasteiger partial charge < -0.3 is 20.5 Å². The topological polar surface area (TPSA) is 106 Å². The fourth-order valence-electron chi connectivity index (χ4n) is 4.68. The quantitative estimate of drug-likeness (QED) is 0.563. The van der Waals surface area contributed by atoms with Crippen LogP contribution in [-0.4, -0.2) is 38.9 Å². The molecule has 1 unspecified atom stereocenters. The first-order chi connectivity index (χ1) is 16.9. The maximum atomic E-state index is 13.8. The van der Waals surface area contributed by atoms with Gasteiger partial charge in [-0.1, -0.05) is 24.3 Å². The van der Waals surface area contributed by atoms with Gasteiger partial charge in [-0.05, 0) is 54.7 Å². The summed E-state index contributed by atoms with van der Waals surface area (Å²) in [5, 5.41) is 14.2. The Kier molecular flexibility index (Phi) is 6.23. The molecule has 180 valence electrons. The van der Waals surface area contributed by atoms with Crippen molar-refractivity contribution >= 4 is 28.3 Å². The molecule has 0 radical (unpaired) electrons. The third-order valence-corrected chi connectivity index (χ3v) is 6.53. The molecule has 0 saturated carbocycles. The van der Waals surface area contributed by atoms with Crippen LogP contribution in [0.2, 0.25) is 0 Å². The normalized spacial score (nSPS) is 18.2. The van der Waals surface area contributed by atoms with Crippen LogP contribution in [0.5, 0.6) is 0 Å². The van der Waals surface area contributed by atoms with E-state index in [9.17, 15) is 4.79 Å². The second kappa shape index (κ2) is 9.48. The molecule has 1 atom stereocenters. The van der Waals surface area contributed by atoms with Gasteiger partial charge in [-0.2, -0.15) is 5.10 Å². The maximum Gasteiger partial charge on any atom is 0.258 e. The lowest BCUT2D eigenvalue weighted by molar-refractivity contribution is 0.0801. The number of aliphatic hydroxyl groups is 1. The van der Waals surface area contributed by atoms with Gasteiger partial charge in [-0.25, -0.2) is 4.98 Å². The summed E-state index contributed by atoms with van der Waals surface area (Å²) in [5.74, 6) is 0.366. The van der Waals surface area contributed by atoms with Gasteiger partial charge in [0.15, 0.2) is 0 Å². The van der Waals surface area contributed by atoms with Gasteiger partial charge in [0.1, 0.15) is 5.82 Å². The van der Waals surface area contributed by atoms with Crippen molar-refractivity contribution < 1.29 is 14.6 Å². The van der Waals surface area contributed by atoms with Crippen molar-refractivity contribution in [1.29, 1.82) is 0 Å². The summed E-state index contributed by atoms with van der Waals surface area (Å²) in [5.41, 5.74) is 12.4. The number of hydrogen-bond acceptors (Lipinski definition) is 6. The molecule has 0 spiro atoms. The Hall–Kier alpha value is -3.75. The van der Waals surface area contributed by atoms with Crippen LogP contribution in [0.4, 0.5) is 11.5 Å². The molecular weight excluding hydrogens is 442 g/mol. The molecule has 1 amide bonds. The number of carbonyl (C=O) groups excluding carboxylic acids is 1. The third-order valence-electron chi connectivity index (χ3n) is 6.53.